The van der Waals surface area contributed by atoms with Crippen LogP contribution in [0, 0.1) is 11.8 Å². The molecule has 1 aliphatic rings. The predicted octanol–water partition coefficient (Wildman–Crippen LogP) is 3.37. The summed E-state index contributed by atoms with van der Waals surface area (Å²) in [4.78, 5) is 12.4. The summed E-state index contributed by atoms with van der Waals surface area (Å²) in [5, 5.41) is 12.3. The van der Waals surface area contributed by atoms with E-state index >= 15 is 0 Å². The van der Waals surface area contributed by atoms with Gasteiger partial charge >= 0.3 is 6.36 Å². The van der Waals surface area contributed by atoms with E-state index in [0.29, 0.717) is 19.6 Å². The summed E-state index contributed by atoms with van der Waals surface area (Å²) in [6.45, 7) is 2.24. The summed E-state index contributed by atoms with van der Waals surface area (Å²) >= 11 is 0. The molecule has 0 spiro atoms. The molecule has 0 aromatic heterocycles. The topological polar surface area (TPSA) is 123 Å². The van der Waals surface area contributed by atoms with Gasteiger partial charge in [0.2, 0.25) is 5.91 Å². The minimum Gasteiger partial charge on any atom is -0.492 e. The molecule has 192 valence electrons. The van der Waals surface area contributed by atoms with Gasteiger partial charge in [-0.05, 0) is 43.5 Å². The number of nitrogens with one attached hydrogen (secondary N) is 2. The summed E-state index contributed by atoms with van der Waals surface area (Å²) in [5.41, 5.74) is 0.0893. The number of aliphatic hydroxyl groups excluding tert-OH is 1. The molecule has 2 unspecified atom stereocenters. The Hall–Kier alpha value is -3.03. The molecule has 2 atom stereocenters. The smallest absolute Gasteiger partial charge is 0.492 e. The van der Waals surface area contributed by atoms with Gasteiger partial charge in [-0.15, -0.1) is 13.2 Å². The van der Waals surface area contributed by atoms with Crippen molar-refractivity contribution < 1.29 is 45.7 Å². The molecular weight excluding hydrogens is 493 g/mol. The summed E-state index contributed by atoms with van der Waals surface area (Å²) in [6.07, 6.45) is -4.29. The van der Waals surface area contributed by atoms with Crippen LogP contribution < -0.4 is 19.5 Å². The number of anilines is 2. The highest BCUT2D eigenvalue weighted by molar-refractivity contribution is 7.92. The number of hydrogen-bond donors (Lipinski definition) is 3. The van der Waals surface area contributed by atoms with Gasteiger partial charge in [0.15, 0.2) is 0 Å². The zero-order chi connectivity index (χ0) is 25.6. The fourth-order valence-electron chi connectivity index (χ4n) is 3.59. The Bertz CT molecular complexity index is 1140. The van der Waals surface area contributed by atoms with Crippen molar-refractivity contribution in [2.45, 2.75) is 24.6 Å². The number of carbonyl (C=O) groups is 1. The van der Waals surface area contributed by atoms with Gasteiger partial charge in [-0.1, -0.05) is 6.07 Å². The van der Waals surface area contributed by atoms with E-state index < -0.39 is 34.0 Å². The molecule has 1 aliphatic heterocycles. The van der Waals surface area contributed by atoms with Crippen LogP contribution in [0.15, 0.2) is 47.4 Å². The van der Waals surface area contributed by atoms with Crippen molar-refractivity contribution in [1.29, 1.82) is 0 Å². The molecule has 3 rings (SSSR count). The number of sulfonamides is 1. The van der Waals surface area contributed by atoms with Crippen LogP contribution in [0.25, 0.3) is 0 Å². The van der Waals surface area contributed by atoms with Crippen molar-refractivity contribution in [2.24, 2.45) is 11.8 Å². The van der Waals surface area contributed by atoms with E-state index in [9.17, 15) is 31.5 Å². The molecule has 13 heteroatoms. The molecule has 35 heavy (non-hydrogen) atoms. The van der Waals surface area contributed by atoms with Crippen LogP contribution in [0.2, 0.25) is 0 Å². The molecule has 1 heterocycles. The number of halogens is 3. The Labute approximate surface area is 200 Å². The SMILES string of the molecule is CCOc1cc(NC(=O)C(CO)C2CCOC2)ccc1S(=O)(=O)Nc1cccc(OC(F)(F)F)c1. The zero-order valence-electron chi connectivity index (χ0n) is 18.7. The molecule has 2 aromatic rings. The van der Waals surface area contributed by atoms with Crippen LogP contribution in [0.3, 0.4) is 0 Å². The second kappa shape index (κ2) is 11.1. The van der Waals surface area contributed by atoms with Gasteiger partial charge in [-0.25, -0.2) is 8.42 Å². The number of rotatable bonds is 10. The lowest BCUT2D eigenvalue weighted by atomic mass is 9.91. The molecule has 0 radical (unpaired) electrons. The van der Waals surface area contributed by atoms with Crippen molar-refractivity contribution in [2.75, 3.05) is 36.5 Å². The largest absolute Gasteiger partial charge is 0.573 e. The van der Waals surface area contributed by atoms with Crippen molar-refractivity contribution in [3.63, 3.8) is 0 Å². The Morgan fingerprint density at radius 2 is 2.00 bits per heavy atom. The molecule has 3 N–H and O–H groups in total. The minimum absolute atomic E-state index is 0.0785. The number of amides is 1. The number of aliphatic hydroxyl groups is 1. The average Bonchev–Trinajstić information content (AvgIpc) is 3.27. The van der Waals surface area contributed by atoms with E-state index in [1.54, 1.807) is 6.92 Å². The lowest BCUT2D eigenvalue weighted by molar-refractivity contribution is -0.274. The van der Waals surface area contributed by atoms with Crippen molar-refractivity contribution in [3.05, 3.63) is 42.5 Å². The maximum atomic E-state index is 13.0. The monoisotopic (exact) mass is 518 g/mol. The molecule has 1 amide bonds. The number of hydrogen-bond acceptors (Lipinski definition) is 7. The van der Waals surface area contributed by atoms with E-state index in [4.69, 9.17) is 9.47 Å². The van der Waals surface area contributed by atoms with Gasteiger partial charge in [-0.2, -0.15) is 0 Å². The average molecular weight is 519 g/mol. The zero-order valence-corrected chi connectivity index (χ0v) is 19.5. The molecule has 1 fully saturated rings. The second-order valence-corrected chi connectivity index (χ2v) is 9.33. The van der Waals surface area contributed by atoms with E-state index in [1.807, 2.05) is 0 Å². The summed E-state index contributed by atoms with van der Waals surface area (Å²) in [6, 6.07) is 8.25. The van der Waals surface area contributed by atoms with E-state index in [-0.39, 0.29) is 41.2 Å². The Morgan fingerprint density at radius 3 is 2.63 bits per heavy atom. The van der Waals surface area contributed by atoms with Gasteiger partial charge in [0, 0.05) is 24.4 Å². The van der Waals surface area contributed by atoms with Crippen molar-refractivity contribution >= 4 is 27.3 Å². The van der Waals surface area contributed by atoms with Gasteiger partial charge in [-0.3, -0.25) is 9.52 Å². The number of carbonyl (C=O) groups excluding carboxylic acids is 1. The Balaban J connectivity index is 1.81. The van der Waals surface area contributed by atoms with Crippen LogP contribution in [0.5, 0.6) is 11.5 Å². The minimum atomic E-state index is -4.93. The predicted molar refractivity (Wildman–Crippen MR) is 120 cm³/mol. The highest BCUT2D eigenvalue weighted by Crippen LogP contribution is 2.32. The first-order chi connectivity index (χ1) is 16.5. The van der Waals surface area contributed by atoms with Crippen LogP contribution >= 0.6 is 0 Å². The summed E-state index contributed by atoms with van der Waals surface area (Å²) in [7, 11) is -4.29. The van der Waals surface area contributed by atoms with Crippen molar-refractivity contribution in [1.82, 2.24) is 0 Å². The molecule has 9 nitrogen and oxygen atoms in total. The Morgan fingerprint density at radius 1 is 1.23 bits per heavy atom. The molecule has 0 saturated carbocycles. The first-order valence-electron chi connectivity index (χ1n) is 10.7. The molecule has 0 aliphatic carbocycles. The van der Waals surface area contributed by atoms with Gasteiger partial charge in [0.1, 0.15) is 16.4 Å². The first kappa shape index (κ1) is 26.6. The maximum absolute atomic E-state index is 13.0. The van der Waals surface area contributed by atoms with Crippen LogP contribution in [-0.4, -0.2) is 52.2 Å². The van der Waals surface area contributed by atoms with Gasteiger partial charge < -0.3 is 24.6 Å². The third-order valence-corrected chi connectivity index (χ3v) is 6.61. The van der Waals surface area contributed by atoms with Gasteiger partial charge in [0.05, 0.1) is 31.4 Å². The standard InChI is InChI=1S/C22H25F3N2O7S/c1-2-33-19-11-15(26-21(29)18(12-28)14-8-9-32-13-14)6-7-20(19)35(30,31)27-16-4-3-5-17(10-16)34-22(23,24)25/h3-7,10-11,14,18,27-28H,2,8-9,12-13H2,1H3,(H,26,29). The summed E-state index contributed by atoms with van der Waals surface area (Å²) in [5.74, 6) is -1.94. The second-order valence-electron chi connectivity index (χ2n) is 7.68. The third kappa shape index (κ3) is 7.23. The highest BCUT2D eigenvalue weighted by atomic mass is 32.2. The van der Waals surface area contributed by atoms with E-state index in [0.717, 1.165) is 12.1 Å². The van der Waals surface area contributed by atoms with Crippen molar-refractivity contribution in [3.8, 4) is 11.5 Å². The molecule has 1 saturated heterocycles. The lowest BCUT2D eigenvalue weighted by Gasteiger charge is -2.20. The lowest BCUT2D eigenvalue weighted by Crippen LogP contribution is -2.32. The number of benzene rings is 2. The highest BCUT2D eigenvalue weighted by Gasteiger charge is 2.32. The number of ether oxygens (including phenoxy) is 3. The number of alkyl halides is 3. The van der Waals surface area contributed by atoms with E-state index in [2.05, 4.69) is 14.8 Å². The van der Waals surface area contributed by atoms with Crippen LogP contribution in [0.4, 0.5) is 24.5 Å². The Kier molecular flexibility index (Phi) is 8.46. The summed E-state index contributed by atoms with van der Waals surface area (Å²) < 4.78 is 80.1. The first-order valence-corrected chi connectivity index (χ1v) is 12.2. The van der Waals surface area contributed by atoms with E-state index in [1.165, 1.54) is 30.3 Å². The quantitative estimate of drug-likeness (QED) is 0.441. The fourth-order valence-corrected chi connectivity index (χ4v) is 4.77. The molecule has 2 aromatic carbocycles. The maximum Gasteiger partial charge on any atom is 0.573 e. The molecule has 0 bridgehead atoms. The van der Waals surface area contributed by atoms with Gasteiger partial charge in [0.25, 0.3) is 10.0 Å². The fraction of sp³-hybridized carbons (Fsp3) is 0.409. The van der Waals surface area contributed by atoms with Crippen LogP contribution in [0.1, 0.15) is 13.3 Å². The third-order valence-electron chi connectivity index (χ3n) is 5.19. The van der Waals surface area contributed by atoms with Crippen LogP contribution in [-0.2, 0) is 19.6 Å². The molecular formula is C22H25F3N2O7S. The normalized spacial score (nSPS) is 17.0.